The van der Waals surface area contributed by atoms with Gasteiger partial charge in [0.2, 0.25) is 0 Å². The van der Waals surface area contributed by atoms with Gasteiger partial charge in [-0.05, 0) is 0 Å². The Hall–Kier alpha value is -0.376. The SMILES string of the molecule is O=C(ON[SiH3])ON[SiH3]. The fraction of sp³-hybridized carbons (Fsp3) is 0. The van der Waals surface area contributed by atoms with Crippen LogP contribution in [0.5, 0.6) is 0 Å². The lowest BCUT2D eigenvalue weighted by Crippen LogP contribution is -2.23. The molecular weight excluding hydrogens is 144 g/mol. The van der Waals surface area contributed by atoms with Gasteiger partial charge in [-0.2, -0.15) is 10.3 Å². The van der Waals surface area contributed by atoms with E-state index in [1.54, 1.807) is 0 Å². The molecule has 0 aliphatic heterocycles. The third-order valence-corrected chi connectivity index (χ3v) is 0.779. The summed E-state index contributed by atoms with van der Waals surface area (Å²) in [5.41, 5.74) is 0. The van der Waals surface area contributed by atoms with E-state index in [1.807, 2.05) is 0 Å². The Morgan fingerprint density at radius 1 is 1.25 bits per heavy atom. The van der Waals surface area contributed by atoms with Crippen LogP contribution in [0, 0.1) is 0 Å². The highest BCUT2D eigenvalue weighted by molar-refractivity contribution is 6.04. The molecule has 5 nitrogen and oxygen atoms in total. The summed E-state index contributed by atoms with van der Waals surface area (Å²) in [6.07, 6.45) is -0.741. The molecular formula is CH8N2O3Si2. The standard InChI is InChI=1S/CH8N2O3Si2/c4-1(5-2-7)6-3-8/h2-3H,7-8H3. The second-order valence-corrected chi connectivity index (χ2v) is 1.68. The molecule has 0 atom stereocenters. The maximum atomic E-state index is 10.1. The van der Waals surface area contributed by atoms with E-state index in [9.17, 15) is 4.79 Å². The smallest absolute Gasteiger partial charge is 0.346 e. The molecule has 7 heteroatoms. The topological polar surface area (TPSA) is 59.6 Å². The van der Waals surface area contributed by atoms with Crippen molar-refractivity contribution >= 4 is 27.0 Å². The fourth-order valence-electron chi connectivity index (χ4n) is 0.188. The van der Waals surface area contributed by atoms with E-state index in [-0.39, 0.29) is 0 Å². The van der Waals surface area contributed by atoms with Crippen molar-refractivity contribution in [2.24, 2.45) is 0 Å². The molecule has 8 heavy (non-hydrogen) atoms. The van der Waals surface area contributed by atoms with Crippen molar-refractivity contribution in [1.82, 2.24) is 10.3 Å². The molecule has 0 unspecified atom stereocenters. The van der Waals surface area contributed by atoms with Crippen LogP contribution >= 0.6 is 0 Å². The molecule has 0 aromatic rings. The van der Waals surface area contributed by atoms with Crippen molar-refractivity contribution in [2.45, 2.75) is 0 Å². The first-order valence-corrected chi connectivity index (χ1v) is 4.02. The van der Waals surface area contributed by atoms with Gasteiger partial charge in [-0.3, -0.25) is 0 Å². The first-order valence-electron chi connectivity index (χ1n) is 2.02. The minimum absolute atomic E-state index is 0.605. The number of rotatable bonds is 2. The summed E-state index contributed by atoms with van der Waals surface area (Å²) in [5.74, 6) is 0. The Labute approximate surface area is 52.6 Å². The quantitative estimate of drug-likeness (QED) is 0.321. The largest absolute Gasteiger partial charge is 0.546 e. The van der Waals surface area contributed by atoms with Crippen molar-refractivity contribution in [3.8, 4) is 0 Å². The minimum Gasteiger partial charge on any atom is -0.346 e. The van der Waals surface area contributed by atoms with Gasteiger partial charge in [-0.15, -0.1) is 0 Å². The Morgan fingerprint density at radius 2 is 1.62 bits per heavy atom. The molecule has 0 rings (SSSR count). The Balaban J connectivity index is 3.06. The molecule has 0 saturated carbocycles. The third kappa shape index (κ3) is 3.80. The molecule has 0 amide bonds. The van der Waals surface area contributed by atoms with Crippen molar-refractivity contribution in [3.05, 3.63) is 0 Å². The number of carbonyl (C=O) groups excluding carboxylic acids is 1. The molecule has 0 bridgehead atoms. The number of hydrogen-bond donors (Lipinski definition) is 2. The van der Waals surface area contributed by atoms with Crippen LogP contribution in [-0.2, 0) is 9.68 Å². The Morgan fingerprint density at radius 3 is 1.88 bits per heavy atom. The predicted molar refractivity (Wildman–Crippen MR) is 33.7 cm³/mol. The average molecular weight is 152 g/mol. The molecule has 0 radical (unpaired) electrons. The molecule has 0 aliphatic carbocycles. The van der Waals surface area contributed by atoms with Crippen molar-refractivity contribution < 1.29 is 14.5 Å². The molecule has 0 spiro atoms. The maximum Gasteiger partial charge on any atom is 0.546 e. The minimum atomic E-state index is -0.741. The van der Waals surface area contributed by atoms with Gasteiger partial charge >= 0.3 is 6.16 Å². The molecule has 0 heterocycles. The summed E-state index contributed by atoms with van der Waals surface area (Å²) in [6.45, 7) is 0. The van der Waals surface area contributed by atoms with Crippen LogP contribution in [-0.4, -0.2) is 27.0 Å². The van der Waals surface area contributed by atoms with Crippen LogP contribution in [0.3, 0.4) is 0 Å². The monoisotopic (exact) mass is 152 g/mol. The fourth-order valence-corrected chi connectivity index (χ4v) is 0.521. The molecule has 0 aromatic heterocycles. The van der Waals surface area contributed by atoms with Crippen LogP contribution in [0.4, 0.5) is 4.79 Å². The van der Waals surface area contributed by atoms with Crippen molar-refractivity contribution in [3.63, 3.8) is 0 Å². The normalized spacial score (nSPS) is 9.00. The zero-order valence-corrected chi connectivity index (χ0v) is 8.72. The molecule has 0 fully saturated rings. The highest BCUT2D eigenvalue weighted by atomic mass is 28.2. The maximum absolute atomic E-state index is 10.1. The lowest BCUT2D eigenvalue weighted by atomic mass is 11.4. The van der Waals surface area contributed by atoms with Crippen LogP contribution < -0.4 is 10.3 Å². The molecule has 48 valence electrons. The van der Waals surface area contributed by atoms with Gasteiger partial charge in [-0.25, -0.2) is 4.79 Å². The van der Waals surface area contributed by atoms with E-state index in [0.29, 0.717) is 20.8 Å². The van der Waals surface area contributed by atoms with Gasteiger partial charge in [0.25, 0.3) is 0 Å². The van der Waals surface area contributed by atoms with E-state index in [1.165, 1.54) is 0 Å². The number of nitrogens with one attached hydrogen (secondary N) is 2. The summed E-state index contributed by atoms with van der Waals surface area (Å²) in [4.78, 5) is 18.5. The van der Waals surface area contributed by atoms with Gasteiger partial charge in [-0.1, -0.05) is 0 Å². The van der Waals surface area contributed by atoms with Gasteiger partial charge in [0.1, 0.15) is 20.8 Å². The van der Waals surface area contributed by atoms with E-state index < -0.39 is 6.16 Å². The van der Waals surface area contributed by atoms with Crippen LogP contribution in [0.2, 0.25) is 0 Å². The highest BCUT2D eigenvalue weighted by Crippen LogP contribution is 1.71. The van der Waals surface area contributed by atoms with Gasteiger partial charge in [0.15, 0.2) is 0 Å². The molecule has 0 aromatic carbocycles. The summed E-state index contributed by atoms with van der Waals surface area (Å²) in [5, 5.41) is 4.58. The number of hydrogen-bond acceptors (Lipinski definition) is 5. The van der Waals surface area contributed by atoms with E-state index >= 15 is 0 Å². The summed E-state index contributed by atoms with van der Waals surface area (Å²) >= 11 is 0. The van der Waals surface area contributed by atoms with Crippen LogP contribution in [0.25, 0.3) is 0 Å². The summed E-state index contributed by atoms with van der Waals surface area (Å²) in [6, 6.07) is 0. The van der Waals surface area contributed by atoms with E-state index in [4.69, 9.17) is 0 Å². The number of carbonyl (C=O) groups is 1. The van der Waals surface area contributed by atoms with Crippen molar-refractivity contribution in [2.75, 3.05) is 0 Å². The first-order chi connectivity index (χ1) is 3.81. The van der Waals surface area contributed by atoms with Crippen molar-refractivity contribution in [1.29, 1.82) is 0 Å². The lowest BCUT2D eigenvalue weighted by molar-refractivity contribution is 0.0256. The molecule has 0 saturated heterocycles. The van der Waals surface area contributed by atoms with Gasteiger partial charge < -0.3 is 9.68 Å². The zero-order chi connectivity index (χ0) is 6.41. The third-order valence-electron chi connectivity index (χ3n) is 0.371. The van der Waals surface area contributed by atoms with E-state index in [2.05, 4.69) is 20.0 Å². The van der Waals surface area contributed by atoms with E-state index in [0.717, 1.165) is 0 Å². The van der Waals surface area contributed by atoms with Gasteiger partial charge in [0, 0.05) is 0 Å². The second-order valence-electron chi connectivity index (χ2n) is 0.862. The molecule has 0 aliphatic rings. The predicted octanol–water partition coefficient (Wildman–Crippen LogP) is -3.29. The lowest BCUT2D eigenvalue weighted by Gasteiger charge is -1.99. The average Bonchev–Trinajstić information content (AvgIpc) is 1.68. The summed E-state index contributed by atoms with van der Waals surface area (Å²) in [7, 11) is 1.21. The highest BCUT2D eigenvalue weighted by Gasteiger charge is 1.97. The first kappa shape index (κ1) is 7.62. The van der Waals surface area contributed by atoms with Gasteiger partial charge in [0.05, 0.1) is 0 Å². The second kappa shape index (κ2) is 4.77. The zero-order valence-electron chi connectivity index (χ0n) is 4.72. The summed E-state index contributed by atoms with van der Waals surface area (Å²) < 4.78 is 0. The molecule has 2 N–H and O–H groups in total. The van der Waals surface area contributed by atoms with Crippen LogP contribution in [0.1, 0.15) is 0 Å². The Bertz CT molecular complexity index is 69.7. The Kier molecular flexibility index (Phi) is 4.55. The van der Waals surface area contributed by atoms with Crippen LogP contribution in [0.15, 0.2) is 0 Å².